The number of hydrogen-bond acceptors (Lipinski definition) is 3. The first-order valence-corrected chi connectivity index (χ1v) is 6.39. The first kappa shape index (κ1) is 12.8. The van der Waals surface area contributed by atoms with Gasteiger partial charge in [0.25, 0.3) is 0 Å². The zero-order chi connectivity index (χ0) is 12.8. The Morgan fingerprint density at radius 3 is 2.78 bits per heavy atom. The van der Waals surface area contributed by atoms with Crippen LogP contribution < -0.4 is 5.32 Å². The van der Waals surface area contributed by atoms with Crippen molar-refractivity contribution in [2.45, 2.75) is 19.3 Å². The minimum atomic E-state index is 0.513. The van der Waals surface area contributed by atoms with Gasteiger partial charge in [0, 0.05) is 6.54 Å². The Bertz CT molecular complexity index is 487. The van der Waals surface area contributed by atoms with E-state index in [4.69, 9.17) is 11.6 Å². The van der Waals surface area contributed by atoms with Gasteiger partial charge in [0.05, 0.1) is 6.20 Å². The lowest BCUT2D eigenvalue weighted by atomic mass is 9.98. The Kier molecular flexibility index (Phi) is 4.53. The summed E-state index contributed by atoms with van der Waals surface area (Å²) in [7, 11) is 0. The van der Waals surface area contributed by atoms with E-state index in [1.165, 1.54) is 11.9 Å². The Morgan fingerprint density at radius 2 is 2.06 bits per heavy atom. The van der Waals surface area contributed by atoms with Crippen LogP contribution in [0.3, 0.4) is 0 Å². The van der Waals surface area contributed by atoms with Gasteiger partial charge in [-0.3, -0.25) is 0 Å². The van der Waals surface area contributed by atoms with Gasteiger partial charge in [0.1, 0.15) is 17.2 Å². The van der Waals surface area contributed by atoms with E-state index >= 15 is 0 Å². The zero-order valence-corrected chi connectivity index (χ0v) is 11.1. The molecule has 0 saturated carbocycles. The number of nitrogens with one attached hydrogen (secondary N) is 1. The number of rotatable bonds is 5. The highest BCUT2D eigenvalue weighted by atomic mass is 35.5. The first-order valence-electron chi connectivity index (χ1n) is 6.01. The molecule has 0 aliphatic heterocycles. The minimum Gasteiger partial charge on any atom is -0.369 e. The molecule has 2 rings (SSSR count). The Labute approximate surface area is 112 Å². The van der Waals surface area contributed by atoms with Crippen LogP contribution in [0.5, 0.6) is 0 Å². The van der Waals surface area contributed by atoms with Crippen molar-refractivity contribution < 1.29 is 0 Å². The highest BCUT2D eigenvalue weighted by Crippen LogP contribution is 2.20. The summed E-state index contributed by atoms with van der Waals surface area (Å²) in [6.07, 6.45) is 4.12. The number of nitrogens with zero attached hydrogens (tertiary/aromatic N) is 2. The third-order valence-electron chi connectivity index (χ3n) is 2.91. The fraction of sp³-hybridized carbons (Fsp3) is 0.286. The molecule has 0 aliphatic rings. The number of anilines is 1. The molecule has 0 amide bonds. The molecule has 0 bridgehead atoms. The molecule has 2 aromatic rings. The van der Waals surface area contributed by atoms with Crippen LogP contribution >= 0.6 is 11.6 Å². The molecular weight excluding hydrogens is 246 g/mol. The zero-order valence-electron chi connectivity index (χ0n) is 10.3. The molecule has 1 N–H and O–H groups in total. The van der Waals surface area contributed by atoms with Crippen LogP contribution in [0.25, 0.3) is 0 Å². The predicted octanol–water partition coefficient (Wildman–Crippen LogP) is 3.74. The summed E-state index contributed by atoms with van der Waals surface area (Å²) >= 11 is 5.97. The topological polar surface area (TPSA) is 37.8 Å². The lowest BCUT2D eigenvalue weighted by Crippen LogP contribution is -2.07. The molecule has 1 unspecified atom stereocenters. The van der Waals surface area contributed by atoms with Gasteiger partial charge in [-0.05, 0) is 17.9 Å². The van der Waals surface area contributed by atoms with Crippen molar-refractivity contribution in [2.24, 2.45) is 0 Å². The molecule has 3 nitrogen and oxygen atoms in total. The van der Waals surface area contributed by atoms with Crippen LogP contribution in [0.1, 0.15) is 24.8 Å². The van der Waals surface area contributed by atoms with E-state index in [-0.39, 0.29) is 0 Å². The normalized spacial score (nSPS) is 12.1. The molecule has 1 heterocycles. The van der Waals surface area contributed by atoms with E-state index < -0.39 is 0 Å². The van der Waals surface area contributed by atoms with Crippen molar-refractivity contribution in [2.75, 3.05) is 11.9 Å². The van der Waals surface area contributed by atoms with Crippen molar-refractivity contribution >= 4 is 17.4 Å². The second-order valence-electron chi connectivity index (χ2n) is 4.25. The summed E-state index contributed by atoms with van der Waals surface area (Å²) in [5.74, 6) is 1.21. The fourth-order valence-corrected chi connectivity index (χ4v) is 1.97. The Hall–Kier alpha value is -1.61. The summed E-state index contributed by atoms with van der Waals surface area (Å²) in [6, 6.07) is 10.5. The molecule has 0 aliphatic carbocycles. The van der Waals surface area contributed by atoms with E-state index in [0.717, 1.165) is 13.0 Å². The van der Waals surface area contributed by atoms with Crippen molar-refractivity contribution in [1.82, 2.24) is 9.97 Å². The highest BCUT2D eigenvalue weighted by Gasteiger charge is 2.05. The molecule has 1 aromatic carbocycles. The molecular formula is C14H16ClN3. The summed E-state index contributed by atoms with van der Waals surface area (Å²) < 4.78 is 0. The van der Waals surface area contributed by atoms with Gasteiger partial charge in [-0.2, -0.15) is 0 Å². The van der Waals surface area contributed by atoms with Crippen LogP contribution in [0.15, 0.2) is 42.9 Å². The Balaban J connectivity index is 1.84. The van der Waals surface area contributed by atoms with Crippen LogP contribution in [0.4, 0.5) is 5.82 Å². The first-order chi connectivity index (χ1) is 8.77. The summed E-state index contributed by atoms with van der Waals surface area (Å²) in [6.45, 7) is 3.06. The van der Waals surface area contributed by atoms with E-state index in [2.05, 4.69) is 46.5 Å². The number of aromatic nitrogens is 2. The number of halogens is 1. The second-order valence-corrected chi connectivity index (χ2v) is 4.65. The van der Waals surface area contributed by atoms with Crippen molar-refractivity contribution in [1.29, 1.82) is 0 Å². The van der Waals surface area contributed by atoms with Crippen molar-refractivity contribution in [3.8, 4) is 0 Å². The monoisotopic (exact) mass is 261 g/mol. The largest absolute Gasteiger partial charge is 0.369 e. The van der Waals surface area contributed by atoms with Gasteiger partial charge in [-0.15, -0.1) is 0 Å². The van der Waals surface area contributed by atoms with Crippen LogP contribution in [-0.4, -0.2) is 16.5 Å². The van der Waals surface area contributed by atoms with E-state index in [1.807, 2.05) is 6.07 Å². The minimum absolute atomic E-state index is 0.513. The van der Waals surface area contributed by atoms with E-state index in [9.17, 15) is 0 Å². The molecule has 0 fully saturated rings. The Morgan fingerprint density at radius 1 is 1.28 bits per heavy atom. The summed E-state index contributed by atoms with van der Waals surface area (Å²) in [4.78, 5) is 7.95. The van der Waals surface area contributed by atoms with Gasteiger partial charge in [0.15, 0.2) is 0 Å². The third kappa shape index (κ3) is 3.44. The summed E-state index contributed by atoms with van der Waals surface area (Å²) in [5.41, 5.74) is 1.35. The maximum Gasteiger partial charge on any atom is 0.148 e. The second kappa shape index (κ2) is 6.36. The molecule has 1 aromatic heterocycles. The van der Waals surface area contributed by atoms with E-state index in [1.54, 1.807) is 6.20 Å². The molecule has 1 atom stereocenters. The highest BCUT2D eigenvalue weighted by molar-refractivity contribution is 6.32. The lowest BCUT2D eigenvalue weighted by Gasteiger charge is -2.13. The lowest BCUT2D eigenvalue weighted by molar-refractivity contribution is 0.704. The number of benzene rings is 1. The van der Waals surface area contributed by atoms with Crippen LogP contribution in [0.2, 0.25) is 5.02 Å². The van der Waals surface area contributed by atoms with Gasteiger partial charge >= 0.3 is 0 Å². The molecule has 4 heteroatoms. The third-order valence-corrected chi connectivity index (χ3v) is 3.18. The van der Waals surface area contributed by atoms with Crippen molar-refractivity contribution in [3.63, 3.8) is 0 Å². The molecule has 0 spiro atoms. The van der Waals surface area contributed by atoms with E-state index in [0.29, 0.717) is 16.8 Å². The summed E-state index contributed by atoms with van der Waals surface area (Å²) in [5, 5.41) is 3.79. The maximum atomic E-state index is 5.97. The van der Waals surface area contributed by atoms with Crippen molar-refractivity contribution in [3.05, 3.63) is 53.4 Å². The quantitative estimate of drug-likeness (QED) is 0.891. The predicted molar refractivity (Wildman–Crippen MR) is 75.0 cm³/mol. The van der Waals surface area contributed by atoms with Gasteiger partial charge in [-0.1, -0.05) is 48.9 Å². The van der Waals surface area contributed by atoms with Crippen LogP contribution in [0, 0.1) is 0 Å². The number of hydrogen-bond donors (Lipinski definition) is 1. The SMILES string of the molecule is CC(CCNc1ncncc1Cl)c1ccccc1. The van der Waals surface area contributed by atoms with Gasteiger partial charge in [0.2, 0.25) is 0 Å². The molecule has 18 heavy (non-hydrogen) atoms. The molecule has 0 saturated heterocycles. The van der Waals surface area contributed by atoms with Gasteiger partial charge in [-0.25, -0.2) is 9.97 Å². The fourth-order valence-electron chi connectivity index (χ4n) is 1.80. The average molecular weight is 262 g/mol. The molecule has 94 valence electrons. The molecule has 0 radical (unpaired) electrons. The standard InChI is InChI=1S/C14H16ClN3/c1-11(12-5-3-2-4-6-12)7-8-17-14-13(15)9-16-10-18-14/h2-6,9-11H,7-8H2,1H3,(H,16,17,18). The van der Waals surface area contributed by atoms with Crippen LogP contribution in [-0.2, 0) is 0 Å². The smallest absolute Gasteiger partial charge is 0.148 e. The average Bonchev–Trinajstić information content (AvgIpc) is 2.42. The van der Waals surface area contributed by atoms with Gasteiger partial charge < -0.3 is 5.32 Å². The maximum absolute atomic E-state index is 5.97.